The number of aromatic nitrogens is 1. The first-order chi connectivity index (χ1) is 12.7. The summed E-state index contributed by atoms with van der Waals surface area (Å²) in [5.74, 6) is -0.0158. The first kappa shape index (κ1) is 18.5. The van der Waals surface area contributed by atoms with Crippen molar-refractivity contribution in [3.8, 4) is 0 Å². The number of amides is 2. The van der Waals surface area contributed by atoms with Gasteiger partial charge in [0.2, 0.25) is 5.91 Å². The van der Waals surface area contributed by atoms with Gasteiger partial charge in [-0.25, -0.2) is 4.98 Å². The van der Waals surface area contributed by atoms with Gasteiger partial charge in [-0.05, 0) is 55.7 Å². The lowest BCUT2D eigenvalue weighted by Crippen LogP contribution is -2.37. The lowest BCUT2D eigenvalue weighted by molar-refractivity contribution is -0.131. The Bertz CT molecular complexity index is 728. The molecule has 2 aromatic rings. The molecule has 136 valence electrons. The highest BCUT2D eigenvalue weighted by atomic mass is 32.2. The fraction of sp³-hybridized carbons (Fsp3) is 0.350. The Labute approximate surface area is 158 Å². The number of carbonyl (C=O) groups is 2. The van der Waals surface area contributed by atoms with Crippen molar-refractivity contribution in [1.82, 2.24) is 15.2 Å². The van der Waals surface area contributed by atoms with Crippen LogP contribution in [0, 0.1) is 0 Å². The molecule has 2 amide bonds. The van der Waals surface area contributed by atoms with Crippen molar-refractivity contribution in [2.75, 3.05) is 19.6 Å². The third-order valence-corrected chi connectivity index (χ3v) is 5.27. The molecular weight excluding hydrogens is 346 g/mol. The minimum atomic E-state index is -0.147. The van der Waals surface area contributed by atoms with Gasteiger partial charge in [0.25, 0.3) is 5.91 Å². The van der Waals surface area contributed by atoms with E-state index in [4.69, 9.17) is 0 Å². The minimum Gasteiger partial charge on any atom is -0.352 e. The Morgan fingerprint density at radius 1 is 1.04 bits per heavy atom. The van der Waals surface area contributed by atoms with E-state index in [0.29, 0.717) is 18.5 Å². The van der Waals surface area contributed by atoms with Crippen molar-refractivity contribution in [1.29, 1.82) is 0 Å². The summed E-state index contributed by atoms with van der Waals surface area (Å²) >= 11 is 1.55. The van der Waals surface area contributed by atoms with E-state index in [1.165, 1.54) is 6.42 Å². The molecule has 1 aliphatic rings. The van der Waals surface area contributed by atoms with E-state index in [2.05, 4.69) is 10.3 Å². The molecule has 0 aliphatic carbocycles. The largest absolute Gasteiger partial charge is 0.352 e. The Kier molecular flexibility index (Phi) is 6.66. The number of nitrogens with zero attached hydrogens (tertiary/aromatic N) is 2. The molecule has 0 bridgehead atoms. The molecule has 1 saturated heterocycles. The highest BCUT2D eigenvalue weighted by Gasteiger charge is 2.16. The van der Waals surface area contributed by atoms with Crippen LogP contribution in [0.1, 0.15) is 36.0 Å². The predicted molar refractivity (Wildman–Crippen MR) is 102 cm³/mol. The van der Waals surface area contributed by atoms with Crippen LogP contribution in [-0.2, 0) is 4.79 Å². The highest BCUT2D eigenvalue weighted by molar-refractivity contribution is 7.99. The first-order valence-corrected chi connectivity index (χ1v) is 9.79. The molecule has 1 aromatic heterocycles. The van der Waals surface area contributed by atoms with Gasteiger partial charge in [-0.3, -0.25) is 9.59 Å². The lowest BCUT2D eigenvalue weighted by Gasteiger charge is -2.26. The normalized spacial score (nSPS) is 14.1. The van der Waals surface area contributed by atoms with E-state index < -0.39 is 0 Å². The number of likely N-dealkylation sites (tertiary alicyclic amines) is 1. The fourth-order valence-corrected chi connectivity index (χ4v) is 3.66. The number of pyridine rings is 1. The number of hydrogen-bond donors (Lipinski definition) is 1. The summed E-state index contributed by atoms with van der Waals surface area (Å²) in [6.45, 7) is 2.07. The third kappa shape index (κ3) is 5.33. The van der Waals surface area contributed by atoms with Crippen LogP contribution < -0.4 is 5.32 Å². The molecular formula is C20H23N3O2S. The number of hydrogen-bond acceptors (Lipinski definition) is 4. The summed E-state index contributed by atoms with van der Waals surface area (Å²) in [5.41, 5.74) is 0.598. The van der Waals surface area contributed by atoms with Crippen molar-refractivity contribution >= 4 is 23.6 Å². The maximum absolute atomic E-state index is 12.2. The van der Waals surface area contributed by atoms with Crippen LogP contribution in [0.4, 0.5) is 0 Å². The van der Waals surface area contributed by atoms with Gasteiger partial charge in [0.15, 0.2) is 0 Å². The van der Waals surface area contributed by atoms with Crippen LogP contribution in [0.25, 0.3) is 0 Å². The molecule has 6 heteroatoms. The van der Waals surface area contributed by atoms with Gasteiger partial charge >= 0.3 is 0 Å². The van der Waals surface area contributed by atoms with Gasteiger partial charge in [0.1, 0.15) is 5.03 Å². The standard InChI is InChI=1S/C20H23N3O2S/c24-19(23-14-4-1-5-15-23)11-13-22-20(25)16-7-9-17(10-8-16)26-18-6-2-3-12-21-18/h2-3,6-10,12H,1,4-5,11,13-15H2,(H,22,25). The Morgan fingerprint density at radius 3 is 2.50 bits per heavy atom. The van der Waals surface area contributed by atoms with Crippen LogP contribution in [0.3, 0.4) is 0 Å². The second-order valence-electron chi connectivity index (χ2n) is 6.24. The predicted octanol–water partition coefficient (Wildman–Crippen LogP) is 3.37. The van der Waals surface area contributed by atoms with E-state index in [1.54, 1.807) is 30.1 Å². The SMILES string of the molecule is O=C(NCCC(=O)N1CCCCC1)c1ccc(Sc2ccccn2)cc1. The van der Waals surface area contributed by atoms with Crippen molar-refractivity contribution in [2.45, 2.75) is 35.6 Å². The Balaban J connectivity index is 1.45. The minimum absolute atomic E-state index is 0.132. The second-order valence-corrected chi connectivity index (χ2v) is 7.34. The average molecular weight is 369 g/mol. The van der Waals surface area contributed by atoms with E-state index in [0.717, 1.165) is 35.9 Å². The molecule has 1 aromatic carbocycles. The number of carbonyl (C=O) groups excluding carboxylic acids is 2. The highest BCUT2D eigenvalue weighted by Crippen LogP contribution is 2.25. The molecule has 0 saturated carbocycles. The molecule has 26 heavy (non-hydrogen) atoms. The molecule has 0 atom stereocenters. The molecule has 0 unspecified atom stereocenters. The average Bonchev–Trinajstić information content (AvgIpc) is 2.70. The van der Waals surface area contributed by atoms with Gasteiger partial charge < -0.3 is 10.2 Å². The summed E-state index contributed by atoms with van der Waals surface area (Å²) in [5, 5.41) is 3.75. The quantitative estimate of drug-likeness (QED) is 0.848. The lowest BCUT2D eigenvalue weighted by atomic mass is 10.1. The van der Waals surface area contributed by atoms with Crippen LogP contribution in [0.2, 0.25) is 0 Å². The second kappa shape index (κ2) is 9.38. The zero-order valence-electron chi connectivity index (χ0n) is 14.7. The molecule has 3 rings (SSSR count). The molecule has 0 spiro atoms. The molecule has 1 N–H and O–H groups in total. The van der Waals surface area contributed by atoms with Crippen LogP contribution in [0.15, 0.2) is 58.6 Å². The van der Waals surface area contributed by atoms with Crippen LogP contribution in [0.5, 0.6) is 0 Å². The van der Waals surface area contributed by atoms with Gasteiger partial charge in [-0.1, -0.05) is 17.8 Å². The van der Waals surface area contributed by atoms with E-state index in [1.807, 2.05) is 35.2 Å². The van der Waals surface area contributed by atoms with Gasteiger partial charge in [0, 0.05) is 42.7 Å². The Hall–Kier alpha value is -2.34. The summed E-state index contributed by atoms with van der Waals surface area (Å²) in [4.78, 5) is 31.5. The first-order valence-electron chi connectivity index (χ1n) is 8.97. The summed E-state index contributed by atoms with van der Waals surface area (Å²) in [7, 11) is 0. The van der Waals surface area contributed by atoms with Crippen molar-refractivity contribution in [3.05, 3.63) is 54.2 Å². The summed E-state index contributed by atoms with van der Waals surface area (Å²) in [6, 6.07) is 13.2. The summed E-state index contributed by atoms with van der Waals surface area (Å²) < 4.78 is 0. The Morgan fingerprint density at radius 2 is 1.81 bits per heavy atom. The number of nitrogens with one attached hydrogen (secondary N) is 1. The third-order valence-electron chi connectivity index (χ3n) is 4.31. The molecule has 2 heterocycles. The maximum Gasteiger partial charge on any atom is 0.251 e. The van der Waals surface area contributed by atoms with Crippen LogP contribution in [-0.4, -0.2) is 41.3 Å². The molecule has 5 nitrogen and oxygen atoms in total. The maximum atomic E-state index is 12.2. The zero-order valence-corrected chi connectivity index (χ0v) is 15.5. The van der Waals surface area contributed by atoms with E-state index in [9.17, 15) is 9.59 Å². The molecule has 0 radical (unpaired) electrons. The topological polar surface area (TPSA) is 62.3 Å². The zero-order chi connectivity index (χ0) is 18.2. The van der Waals surface area contributed by atoms with Gasteiger partial charge in [0.05, 0.1) is 0 Å². The van der Waals surface area contributed by atoms with Gasteiger partial charge in [-0.2, -0.15) is 0 Å². The summed E-state index contributed by atoms with van der Waals surface area (Å²) in [6.07, 6.45) is 5.49. The van der Waals surface area contributed by atoms with Crippen molar-refractivity contribution in [3.63, 3.8) is 0 Å². The number of benzene rings is 1. The molecule has 1 aliphatic heterocycles. The number of piperidine rings is 1. The smallest absolute Gasteiger partial charge is 0.251 e. The molecule has 1 fully saturated rings. The number of rotatable bonds is 6. The van der Waals surface area contributed by atoms with Crippen molar-refractivity contribution in [2.24, 2.45) is 0 Å². The van der Waals surface area contributed by atoms with E-state index in [-0.39, 0.29) is 11.8 Å². The fourth-order valence-electron chi connectivity index (χ4n) is 2.89. The van der Waals surface area contributed by atoms with E-state index >= 15 is 0 Å². The van der Waals surface area contributed by atoms with Gasteiger partial charge in [-0.15, -0.1) is 0 Å². The van der Waals surface area contributed by atoms with Crippen molar-refractivity contribution < 1.29 is 9.59 Å². The van der Waals surface area contributed by atoms with Crippen LogP contribution >= 0.6 is 11.8 Å². The monoisotopic (exact) mass is 369 g/mol.